The van der Waals surface area contributed by atoms with E-state index in [-0.39, 0.29) is 45.5 Å². The molecule has 0 saturated heterocycles. The van der Waals surface area contributed by atoms with Crippen molar-refractivity contribution in [1.82, 2.24) is 0 Å². The van der Waals surface area contributed by atoms with E-state index < -0.39 is 11.9 Å². The van der Waals surface area contributed by atoms with E-state index in [1.54, 1.807) is 13.8 Å². The molecule has 0 aromatic carbocycles. The van der Waals surface area contributed by atoms with Crippen LogP contribution in [0.5, 0.6) is 0 Å². The molecule has 6 nitrogen and oxygen atoms in total. The van der Waals surface area contributed by atoms with Gasteiger partial charge in [0.15, 0.2) is 0 Å². The molecular weight excluding hydrogens is 240 g/mol. The van der Waals surface area contributed by atoms with Crippen molar-refractivity contribution in [2.24, 2.45) is 0 Å². The molecule has 0 saturated carbocycles. The Morgan fingerprint density at radius 3 is 1.07 bits per heavy atom. The predicted molar refractivity (Wildman–Crippen MR) is 47.1 cm³/mol. The zero-order valence-corrected chi connectivity index (χ0v) is 10.5. The summed E-state index contributed by atoms with van der Waals surface area (Å²) < 4.78 is 0. The number of carbonyl (C=O) groups excluding carboxylic acids is 2. The summed E-state index contributed by atoms with van der Waals surface area (Å²) in [4.78, 5) is 19.0. The summed E-state index contributed by atoms with van der Waals surface area (Å²) in [7, 11) is 0. The van der Waals surface area contributed by atoms with Gasteiger partial charge in [-0.25, -0.2) is 0 Å². The van der Waals surface area contributed by atoms with Crippen LogP contribution in [0.4, 0.5) is 0 Å². The number of hydrogen-bond donors (Lipinski definition) is 0. The molecule has 90 valence electrons. The van der Waals surface area contributed by atoms with Crippen LogP contribution in [-0.2, 0) is 31.3 Å². The maximum Gasteiger partial charge on any atom is 2.00 e. The Morgan fingerprint density at radius 1 is 0.867 bits per heavy atom. The van der Waals surface area contributed by atoms with E-state index >= 15 is 0 Å². The van der Waals surface area contributed by atoms with E-state index in [9.17, 15) is 19.8 Å². The molecule has 0 aliphatic carbocycles. The normalized spacial score (nSPS) is 6.53. The fraction of sp³-hybridized carbons (Fsp3) is 0.750. The van der Waals surface area contributed by atoms with Crippen LogP contribution in [0.25, 0.3) is 0 Å². The Hall–Kier alpha value is -0.426. The Kier molecular flexibility index (Phi) is 45.7. The number of hydrogen-bond acceptors (Lipinski definition) is 4. The van der Waals surface area contributed by atoms with Gasteiger partial charge in [-0.05, 0) is 12.8 Å². The summed E-state index contributed by atoms with van der Waals surface area (Å²) in [5.41, 5.74) is 0. The van der Waals surface area contributed by atoms with Crippen LogP contribution in [0.1, 0.15) is 39.5 Å². The monoisotopic (exact) mass is 258 g/mol. The SMILES string of the molecule is CCCC(=O)[O-].CCCC(=O)[O-].O.O.[Ti+2]. The first-order chi connectivity index (χ1) is 5.54. The van der Waals surface area contributed by atoms with Crippen molar-refractivity contribution >= 4 is 11.9 Å². The molecule has 0 aromatic heterocycles. The first-order valence-corrected chi connectivity index (χ1v) is 3.94. The van der Waals surface area contributed by atoms with Gasteiger partial charge in [-0.1, -0.05) is 26.7 Å². The smallest absolute Gasteiger partial charge is 0.550 e. The van der Waals surface area contributed by atoms with Gasteiger partial charge in [0.05, 0.1) is 0 Å². The second-order valence-corrected chi connectivity index (χ2v) is 2.24. The first kappa shape index (κ1) is 29.3. The predicted octanol–water partition coefficient (Wildman–Crippen LogP) is -2.58. The van der Waals surface area contributed by atoms with E-state index in [1.807, 2.05) is 0 Å². The molecule has 0 bridgehead atoms. The maximum absolute atomic E-state index is 9.49. The molecule has 0 fully saturated rings. The summed E-state index contributed by atoms with van der Waals surface area (Å²) in [6.07, 6.45) is 1.70. The summed E-state index contributed by atoms with van der Waals surface area (Å²) in [6.45, 7) is 3.60. The minimum absolute atomic E-state index is 0. The minimum Gasteiger partial charge on any atom is -0.550 e. The Balaban J connectivity index is -0.0000000370. The Labute approximate surface area is 104 Å². The van der Waals surface area contributed by atoms with Crippen molar-refractivity contribution in [3.63, 3.8) is 0 Å². The summed E-state index contributed by atoms with van der Waals surface area (Å²) in [5.74, 6) is -1.92. The van der Waals surface area contributed by atoms with Gasteiger partial charge in [0.1, 0.15) is 0 Å². The number of rotatable bonds is 4. The molecule has 0 heterocycles. The Morgan fingerprint density at radius 2 is 1.07 bits per heavy atom. The van der Waals surface area contributed by atoms with Gasteiger partial charge in [0.25, 0.3) is 0 Å². The maximum atomic E-state index is 9.49. The van der Waals surface area contributed by atoms with Gasteiger partial charge >= 0.3 is 21.7 Å². The number of aliphatic carboxylic acids is 2. The van der Waals surface area contributed by atoms with Crippen molar-refractivity contribution in [1.29, 1.82) is 0 Å². The molecule has 0 spiro atoms. The van der Waals surface area contributed by atoms with E-state index in [2.05, 4.69) is 0 Å². The number of carbonyl (C=O) groups is 2. The van der Waals surface area contributed by atoms with Gasteiger partial charge in [-0.15, -0.1) is 0 Å². The van der Waals surface area contributed by atoms with Gasteiger partial charge in [0, 0.05) is 11.9 Å². The largest absolute Gasteiger partial charge is 2.00 e. The fourth-order valence-corrected chi connectivity index (χ4v) is 0.408. The van der Waals surface area contributed by atoms with Crippen molar-refractivity contribution < 1.29 is 52.5 Å². The second-order valence-electron chi connectivity index (χ2n) is 2.24. The number of carboxylic acid groups (broad SMARTS) is 2. The van der Waals surface area contributed by atoms with Gasteiger partial charge in [-0.3, -0.25) is 0 Å². The van der Waals surface area contributed by atoms with Crippen LogP contribution in [0, 0.1) is 0 Å². The van der Waals surface area contributed by atoms with Gasteiger partial charge in [0.2, 0.25) is 0 Å². The molecule has 0 aromatic rings. The Bertz CT molecular complexity index is 123. The molecule has 0 aliphatic rings. The number of carboxylic acids is 2. The van der Waals surface area contributed by atoms with Crippen LogP contribution in [-0.4, -0.2) is 22.9 Å². The van der Waals surface area contributed by atoms with Crippen LogP contribution in [0.15, 0.2) is 0 Å². The molecule has 0 unspecified atom stereocenters. The molecule has 0 rings (SSSR count). The summed E-state index contributed by atoms with van der Waals surface area (Å²) >= 11 is 0. The molecule has 0 atom stereocenters. The quantitative estimate of drug-likeness (QED) is 0.510. The van der Waals surface area contributed by atoms with Crippen molar-refractivity contribution in [3.8, 4) is 0 Å². The molecule has 0 aliphatic heterocycles. The van der Waals surface area contributed by atoms with Crippen molar-refractivity contribution in [2.45, 2.75) is 39.5 Å². The van der Waals surface area contributed by atoms with Crippen LogP contribution >= 0.6 is 0 Å². The van der Waals surface area contributed by atoms with Crippen LogP contribution < -0.4 is 10.2 Å². The van der Waals surface area contributed by atoms with Crippen molar-refractivity contribution in [3.05, 3.63) is 0 Å². The van der Waals surface area contributed by atoms with E-state index in [1.165, 1.54) is 0 Å². The molecule has 4 N–H and O–H groups in total. The standard InChI is InChI=1S/2C4H8O2.2H2O.Ti/c2*1-2-3-4(5)6;;;/h2*2-3H2,1H3,(H,5,6);2*1H2;/q;;;;+2/p-2. The van der Waals surface area contributed by atoms with Crippen LogP contribution in [0.2, 0.25) is 0 Å². The topological polar surface area (TPSA) is 143 Å². The van der Waals surface area contributed by atoms with E-state index in [0.29, 0.717) is 12.8 Å². The molecular formula is C8H18O6Ti. The zero-order chi connectivity index (χ0) is 9.98. The summed E-state index contributed by atoms with van der Waals surface area (Å²) in [5, 5.41) is 19.0. The zero-order valence-electron chi connectivity index (χ0n) is 8.96. The van der Waals surface area contributed by atoms with Crippen LogP contribution in [0.3, 0.4) is 0 Å². The average Bonchev–Trinajstić information content (AvgIpc) is 1.87. The second kappa shape index (κ2) is 23.4. The first-order valence-electron chi connectivity index (χ1n) is 3.94. The van der Waals surface area contributed by atoms with Crippen molar-refractivity contribution in [2.75, 3.05) is 0 Å². The minimum atomic E-state index is -0.961. The van der Waals surface area contributed by atoms with Gasteiger partial charge in [-0.2, -0.15) is 0 Å². The average molecular weight is 258 g/mol. The molecule has 15 heavy (non-hydrogen) atoms. The molecule has 0 radical (unpaired) electrons. The van der Waals surface area contributed by atoms with Gasteiger partial charge < -0.3 is 30.8 Å². The van der Waals surface area contributed by atoms with E-state index in [4.69, 9.17) is 0 Å². The molecule has 7 heteroatoms. The third-order valence-corrected chi connectivity index (χ3v) is 0.908. The van der Waals surface area contributed by atoms with E-state index in [0.717, 1.165) is 0 Å². The summed E-state index contributed by atoms with van der Waals surface area (Å²) in [6, 6.07) is 0. The molecule has 0 amide bonds. The third kappa shape index (κ3) is 58.5. The fourth-order valence-electron chi connectivity index (χ4n) is 0.408. The third-order valence-electron chi connectivity index (χ3n) is 0.908.